The summed E-state index contributed by atoms with van der Waals surface area (Å²) in [7, 11) is 0. The molecule has 1 rings (SSSR count). The second kappa shape index (κ2) is 8.15. The van der Waals surface area contributed by atoms with Gasteiger partial charge in [0, 0.05) is 12.2 Å². The third-order valence-electron chi connectivity index (χ3n) is 3.66. The van der Waals surface area contributed by atoms with Gasteiger partial charge in [-0.15, -0.1) is 0 Å². The van der Waals surface area contributed by atoms with Crippen LogP contribution in [0.4, 0.5) is 5.69 Å². The number of amides is 1. The lowest BCUT2D eigenvalue weighted by Gasteiger charge is -2.35. The number of carbonyl (C=O) groups is 1. The molecule has 0 fully saturated rings. The highest BCUT2D eigenvalue weighted by molar-refractivity contribution is 5.94. The molecule has 1 amide bonds. The first-order chi connectivity index (χ1) is 9.89. The van der Waals surface area contributed by atoms with Crippen molar-refractivity contribution in [3.05, 3.63) is 30.3 Å². The van der Waals surface area contributed by atoms with E-state index in [0.29, 0.717) is 6.54 Å². The molecule has 0 aliphatic rings. The molecule has 1 unspecified atom stereocenters. The van der Waals surface area contributed by atoms with E-state index in [-0.39, 0.29) is 17.4 Å². The maximum Gasteiger partial charge on any atom is 0.241 e. The lowest BCUT2D eigenvalue weighted by Crippen LogP contribution is -2.48. The minimum Gasteiger partial charge on any atom is -0.330 e. The summed E-state index contributed by atoms with van der Waals surface area (Å²) in [6.07, 6.45) is 1.02. The molecule has 0 heterocycles. The highest BCUT2D eigenvalue weighted by Crippen LogP contribution is 2.18. The van der Waals surface area contributed by atoms with Crippen LogP contribution in [0.25, 0.3) is 0 Å². The topological polar surface area (TPSA) is 58.4 Å². The summed E-state index contributed by atoms with van der Waals surface area (Å²) < 4.78 is 0. The minimum absolute atomic E-state index is 0.0104. The number of nitrogens with zero attached hydrogens (tertiary/aromatic N) is 1. The first kappa shape index (κ1) is 17.7. The van der Waals surface area contributed by atoms with Crippen LogP contribution in [0.2, 0.25) is 0 Å². The van der Waals surface area contributed by atoms with Crippen molar-refractivity contribution in [2.24, 2.45) is 11.1 Å². The average molecular weight is 291 g/mol. The number of benzene rings is 1. The van der Waals surface area contributed by atoms with Gasteiger partial charge in [0.1, 0.15) is 0 Å². The zero-order valence-corrected chi connectivity index (χ0v) is 13.7. The summed E-state index contributed by atoms with van der Waals surface area (Å²) in [4.78, 5) is 14.6. The van der Waals surface area contributed by atoms with E-state index in [4.69, 9.17) is 5.73 Å². The number of hydrogen-bond acceptors (Lipinski definition) is 3. The first-order valence-electron chi connectivity index (χ1n) is 7.69. The maximum absolute atomic E-state index is 12.4. The number of para-hydroxylation sites is 1. The van der Waals surface area contributed by atoms with Gasteiger partial charge in [-0.25, -0.2) is 0 Å². The summed E-state index contributed by atoms with van der Waals surface area (Å²) >= 11 is 0. The van der Waals surface area contributed by atoms with Crippen LogP contribution >= 0.6 is 0 Å². The normalized spacial score (nSPS) is 13.2. The van der Waals surface area contributed by atoms with Crippen molar-refractivity contribution in [1.29, 1.82) is 0 Å². The summed E-state index contributed by atoms with van der Waals surface area (Å²) in [6, 6.07) is 9.41. The van der Waals surface area contributed by atoms with Crippen LogP contribution in [0.5, 0.6) is 0 Å². The fourth-order valence-corrected chi connectivity index (χ4v) is 2.25. The van der Waals surface area contributed by atoms with Crippen molar-refractivity contribution < 1.29 is 4.79 Å². The van der Waals surface area contributed by atoms with Crippen molar-refractivity contribution in [3.8, 4) is 0 Å². The zero-order chi connectivity index (χ0) is 15.9. The SMILES string of the molecule is CCCN(CC(C)(C)CN)C(C)C(=O)Nc1ccccc1. The number of nitrogens with two attached hydrogens (primary N) is 1. The summed E-state index contributed by atoms with van der Waals surface area (Å²) in [5.74, 6) is 0.0301. The Bertz CT molecular complexity index is 431. The number of anilines is 1. The molecule has 3 N–H and O–H groups in total. The number of nitrogens with one attached hydrogen (secondary N) is 1. The Kier molecular flexibility index (Phi) is 6.85. The molecule has 1 aromatic carbocycles. The molecule has 0 radical (unpaired) electrons. The van der Waals surface area contributed by atoms with Gasteiger partial charge in [0.15, 0.2) is 0 Å². The van der Waals surface area contributed by atoms with Gasteiger partial charge in [0.2, 0.25) is 5.91 Å². The van der Waals surface area contributed by atoms with Crippen molar-refractivity contribution in [2.75, 3.05) is 25.0 Å². The van der Waals surface area contributed by atoms with Gasteiger partial charge in [0.05, 0.1) is 6.04 Å². The molecule has 0 aromatic heterocycles. The highest BCUT2D eigenvalue weighted by Gasteiger charge is 2.26. The molecule has 0 spiro atoms. The first-order valence-corrected chi connectivity index (χ1v) is 7.69. The predicted molar refractivity (Wildman–Crippen MR) is 89.2 cm³/mol. The van der Waals surface area contributed by atoms with Crippen molar-refractivity contribution in [2.45, 2.75) is 40.2 Å². The second-order valence-corrected chi connectivity index (χ2v) is 6.37. The van der Waals surface area contributed by atoms with Gasteiger partial charge >= 0.3 is 0 Å². The number of rotatable bonds is 8. The van der Waals surface area contributed by atoms with Gasteiger partial charge < -0.3 is 11.1 Å². The second-order valence-electron chi connectivity index (χ2n) is 6.37. The van der Waals surface area contributed by atoms with Gasteiger partial charge in [-0.1, -0.05) is 39.0 Å². The highest BCUT2D eigenvalue weighted by atomic mass is 16.2. The van der Waals surface area contributed by atoms with E-state index in [1.807, 2.05) is 37.3 Å². The van der Waals surface area contributed by atoms with Crippen LogP contribution in [0.3, 0.4) is 0 Å². The molecule has 21 heavy (non-hydrogen) atoms. The monoisotopic (exact) mass is 291 g/mol. The smallest absolute Gasteiger partial charge is 0.241 e. The Hall–Kier alpha value is -1.39. The molecule has 4 nitrogen and oxygen atoms in total. The van der Waals surface area contributed by atoms with Crippen molar-refractivity contribution in [1.82, 2.24) is 4.90 Å². The van der Waals surface area contributed by atoms with Gasteiger partial charge in [0.25, 0.3) is 0 Å². The number of carbonyl (C=O) groups excluding carboxylic acids is 1. The van der Waals surface area contributed by atoms with Gasteiger partial charge in [-0.05, 0) is 44.0 Å². The summed E-state index contributed by atoms with van der Waals surface area (Å²) in [5, 5.41) is 2.97. The fourth-order valence-electron chi connectivity index (χ4n) is 2.25. The molecule has 1 atom stereocenters. The standard InChI is InChI=1S/C17H29N3O/c1-5-11-20(13-17(3,4)12-18)14(2)16(21)19-15-9-7-6-8-10-15/h6-10,14H,5,11-13,18H2,1-4H3,(H,19,21). The fraction of sp³-hybridized carbons (Fsp3) is 0.588. The lowest BCUT2D eigenvalue weighted by molar-refractivity contribution is -0.121. The van der Waals surface area contributed by atoms with Crippen LogP contribution in [0.1, 0.15) is 34.1 Å². The molecule has 118 valence electrons. The van der Waals surface area contributed by atoms with E-state index >= 15 is 0 Å². The maximum atomic E-state index is 12.4. The van der Waals surface area contributed by atoms with Crippen LogP contribution in [0.15, 0.2) is 30.3 Å². The lowest BCUT2D eigenvalue weighted by atomic mass is 9.92. The Morgan fingerprint density at radius 2 is 1.95 bits per heavy atom. The Morgan fingerprint density at radius 1 is 1.33 bits per heavy atom. The number of hydrogen-bond donors (Lipinski definition) is 2. The van der Waals surface area contributed by atoms with Crippen LogP contribution in [-0.4, -0.2) is 36.5 Å². The molecular weight excluding hydrogens is 262 g/mol. The van der Waals surface area contributed by atoms with E-state index < -0.39 is 0 Å². The molecule has 0 aliphatic carbocycles. The third-order valence-corrected chi connectivity index (χ3v) is 3.66. The van der Waals surface area contributed by atoms with E-state index in [2.05, 4.69) is 31.0 Å². The van der Waals surface area contributed by atoms with Gasteiger partial charge in [-0.2, -0.15) is 0 Å². The minimum atomic E-state index is -0.170. The Labute approximate surface area is 128 Å². The molecule has 0 saturated heterocycles. The summed E-state index contributed by atoms with van der Waals surface area (Å²) in [6.45, 7) is 10.7. The zero-order valence-electron chi connectivity index (χ0n) is 13.7. The predicted octanol–water partition coefficient (Wildman–Crippen LogP) is 2.71. The molecular formula is C17H29N3O. The molecule has 0 saturated carbocycles. The van der Waals surface area contributed by atoms with Crippen molar-refractivity contribution in [3.63, 3.8) is 0 Å². The van der Waals surface area contributed by atoms with Crippen LogP contribution in [0, 0.1) is 5.41 Å². The van der Waals surface area contributed by atoms with Crippen LogP contribution in [-0.2, 0) is 4.79 Å². The van der Waals surface area contributed by atoms with Crippen molar-refractivity contribution >= 4 is 11.6 Å². The van der Waals surface area contributed by atoms with E-state index in [9.17, 15) is 4.79 Å². The summed E-state index contributed by atoms with van der Waals surface area (Å²) in [5.41, 5.74) is 6.67. The van der Waals surface area contributed by atoms with Gasteiger partial charge in [-0.3, -0.25) is 9.69 Å². The molecule has 0 aliphatic heterocycles. The van der Waals surface area contributed by atoms with E-state index in [1.54, 1.807) is 0 Å². The van der Waals surface area contributed by atoms with Crippen LogP contribution < -0.4 is 11.1 Å². The van der Waals surface area contributed by atoms with E-state index in [1.165, 1.54) is 0 Å². The molecule has 1 aromatic rings. The average Bonchev–Trinajstić information content (AvgIpc) is 2.47. The molecule has 4 heteroatoms. The quantitative estimate of drug-likeness (QED) is 0.774. The molecule has 0 bridgehead atoms. The Morgan fingerprint density at radius 3 is 2.48 bits per heavy atom. The third kappa shape index (κ3) is 5.86. The Balaban J connectivity index is 2.71. The largest absolute Gasteiger partial charge is 0.330 e. The van der Waals surface area contributed by atoms with E-state index in [0.717, 1.165) is 25.2 Å².